The summed E-state index contributed by atoms with van der Waals surface area (Å²) < 4.78 is 122. The average Bonchev–Trinajstić information content (AvgIpc) is 2.33. The predicted molar refractivity (Wildman–Crippen MR) is 72.0 cm³/mol. The van der Waals surface area contributed by atoms with Crippen molar-refractivity contribution in [1.82, 2.24) is 4.90 Å². The van der Waals surface area contributed by atoms with Gasteiger partial charge >= 0.3 is 23.9 Å². The minimum absolute atomic E-state index is 0.190. The first-order valence-electron chi connectivity index (χ1n) is 6.80. The first-order chi connectivity index (χ1) is 10.8. The number of rotatable bonds is 5. The number of halogens is 9. The standard InChI is InChI=1S/C12H18F9NO2Si/c1-7(2)25(5,24-4)6-22(3)8(23)9(10(13,14)15,11(16,17)18)12(19,20)21/h7H,6H2,1-5H3. The predicted octanol–water partition coefficient (Wildman–Crippen LogP) is 4.29. The summed E-state index contributed by atoms with van der Waals surface area (Å²) in [5, 5.41) is 0. The summed E-state index contributed by atoms with van der Waals surface area (Å²) >= 11 is 0. The molecule has 0 saturated heterocycles. The van der Waals surface area contributed by atoms with E-state index in [9.17, 15) is 44.3 Å². The molecule has 0 N–H and O–H groups in total. The van der Waals surface area contributed by atoms with Crippen LogP contribution in [0.4, 0.5) is 39.5 Å². The van der Waals surface area contributed by atoms with Crippen molar-refractivity contribution in [1.29, 1.82) is 0 Å². The lowest BCUT2D eigenvalue weighted by molar-refractivity contribution is -0.408. The number of hydrogen-bond donors (Lipinski definition) is 0. The second kappa shape index (κ2) is 6.97. The van der Waals surface area contributed by atoms with Crippen LogP contribution in [0.2, 0.25) is 12.1 Å². The highest BCUT2D eigenvalue weighted by Gasteiger charge is 2.88. The average molecular weight is 407 g/mol. The third kappa shape index (κ3) is 4.06. The molecule has 0 aromatic heterocycles. The van der Waals surface area contributed by atoms with E-state index in [0.29, 0.717) is 7.05 Å². The first kappa shape index (κ1) is 24.0. The van der Waals surface area contributed by atoms with Gasteiger partial charge < -0.3 is 9.33 Å². The molecule has 0 rings (SSSR count). The van der Waals surface area contributed by atoms with Crippen LogP contribution in [0.5, 0.6) is 0 Å². The molecule has 25 heavy (non-hydrogen) atoms. The molecule has 1 atom stereocenters. The molecular weight excluding hydrogens is 389 g/mol. The molecule has 0 fully saturated rings. The summed E-state index contributed by atoms with van der Waals surface area (Å²) in [4.78, 5) is 11.7. The van der Waals surface area contributed by atoms with Gasteiger partial charge in [0.2, 0.25) is 8.32 Å². The van der Waals surface area contributed by atoms with Gasteiger partial charge in [0.25, 0.3) is 5.91 Å². The van der Waals surface area contributed by atoms with Crippen molar-refractivity contribution < 1.29 is 48.7 Å². The van der Waals surface area contributed by atoms with Crippen molar-refractivity contribution in [3.63, 3.8) is 0 Å². The molecular formula is C12H18F9NO2Si. The summed E-state index contributed by atoms with van der Waals surface area (Å²) in [5.41, 5.74) is -6.88. The molecule has 0 aromatic carbocycles. The van der Waals surface area contributed by atoms with Gasteiger partial charge in [-0.1, -0.05) is 13.8 Å². The summed E-state index contributed by atoms with van der Waals surface area (Å²) in [7, 11) is -1.48. The summed E-state index contributed by atoms with van der Waals surface area (Å²) in [5.74, 6) is -3.13. The Kier molecular flexibility index (Phi) is 6.69. The fraction of sp³-hybridized carbons (Fsp3) is 0.917. The summed E-state index contributed by atoms with van der Waals surface area (Å²) in [6.07, 6.45) is -21.5. The molecule has 13 heteroatoms. The third-order valence-electron chi connectivity index (χ3n) is 4.18. The van der Waals surface area contributed by atoms with E-state index in [4.69, 9.17) is 4.43 Å². The number of carbonyl (C=O) groups is 1. The van der Waals surface area contributed by atoms with Gasteiger partial charge in [-0.3, -0.25) is 4.79 Å². The van der Waals surface area contributed by atoms with Gasteiger partial charge in [0.1, 0.15) is 0 Å². The van der Waals surface area contributed by atoms with Crippen molar-refractivity contribution in [3.8, 4) is 0 Å². The van der Waals surface area contributed by atoms with Gasteiger partial charge in [-0.25, -0.2) is 0 Å². The lowest BCUT2D eigenvalue weighted by Crippen LogP contribution is -2.68. The molecule has 0 aliphatic rings. The maximum Gasteiger partial charge on any atom is 0.421 e. The molecule has 0 aromatic rings. The van der Waals surface area contributed by atoms with Gasteiger partial charge in [0.15, 0.2) is 0 Å². The molecule has 0 heterocycles. The maximum absolute atomic E-state index is 12.9. The highest BCUT2D eigenvalue weighted by molar-refractivity contribution is 6.74. The van der Waals surface area contributed by atoms with Crippen LogP contribution in [-0.2, 0) is 9.22 Å². The Bertz CT molecular complexity index is 450. The third-order valence-corrected chi connectivity index (χ3v) is 8.66. The fourth-order valence-electron chi connectivity index (χ4n) is 2.16. The Balaban J connectivity index is 6.31. The van der Waals surface area contributed by atoms with Gasteiger partial charge in [-0.05, 0) is 12.1 Å². The highest BCUT2D eigenvalue weighted by atomic mass is 28.4. The van der Waals surface area contributed by atoms with E-state index in [1.807, 2.05) is 0 Å². The Hall–Kier alpha value is -0.983. The lowest BCUT2D eigenvalue weighted by Gasteiger charge is -2.41. The van der Waals surface area contributed by atoms with Crippen LogP contribution in [0.1, 0.15) is 13.8 Å². The van der Waals surface area contributed by atoms with Gasteiger partial charge in [-0.2, -0.15) is 39.5 Å². The van der Waals surface area contributed by atoms with Gasteiger partial charge in [0.05, 0.1) is 0 Å². The van der Waals surface area contributed by atoms with Crippen LogP contribution in [0.25, 0.3) is 0 Å². The second-order valence-corrected chi connectivity index (χ2v) is 10.6. The molecule has 0 aliphatic heterocycles. The Morgan fingerprint density at radius 1 is 0.960 bits per heavy atom. The van der Waals surface area contributed by atoms with Crippen LogP contribution in [0.15, 0.2) is 0 Å². The second-order valence-electron chi connectivity index (χ2n) is 6.08. The summed E-state index contributed by atoms with van der Waals surface area (Å²) in [6.45, 7) is 4.47. The number of amides is 1. The largest absolute Gasteiger partial charge is 0.421 e. The zero-order valence-corrected chi connectivity index (χ0v) is 14.9. The highest BCUT2D eigenvalue weighted by Crippen LogP contribution is 2.60. The maximum atomic E-state index is 12.9. The minimum Gasteiger partial charge on any atom is -0.418 e. The molecule has 0 aliphatic carbocycles. The quantitative estimate of drug-likeness (QED) is 0.503. The molecule has 0 spiro atoms. The van der Waals surface area contributed by atoms with Crippen LogP contribution in [-0.4, -0.2) is 58.0 Å². The minimum atomic E-state index is -6.92. The van der Waals surface area contributed by atoms with E-state index in [-0.39, 0.29) is 10.4 Å². The fourth-order valence-corrected chi connectivity index (χ4v) is 4.21. The van der Waals surface area contributed by atoms with Gasteiger partial charge in [0, 0.05) is 20.3 Å². The molecule has 1 amide bonds. The van der Waals surface area contributed by atoms with E-state index < -0.39 is 44.3 Å². The number of alkyl halides is 9. The van der Waals surface area contributed by atoms with Crippen molar-refractivity contribution in [2.75, 3.05) is 20.3 Å². The molecule has 150 valence electrons. The van der Waals surface area contributed by atoms with Crippen LogP contribution in [0.3, 0.4) is 0 Å². The molecule has 1 unspecified atom stereocenters. The Morgan fingerprint density at radius 3 is 1.48 bits per heavy atom. The Labute approximate surface area is 139 Å². The van der Waals surface area contributed by atoms with Crippen molar-refractivity contribution >= 4 is 14.2 Å². The number of hydrogen-bond acceptors (Lipinski definition) is 2. The number of nitrogens with zero attached hydrogens (tertiary/aromatic N) is 1. The molecule has 0 radical (unpaired) electrons. The van der Waals surface area contributed by atoms with Crippen molar-refractivity contribution in [3.05, 3.63) is 0 Å². The zero-order chi connectivity index (χ0) is 20.6. The zero-order valence-electron chi connectivity index (χ0n) is 13.9. The summed E-state index contributed by atoms with van der Waals surface area (Å²) in [6, 6.07) is 0. The first-order valence-corrected chi connectivity index (χ1v) is 9.49. The normalized spacial score (nSPS) is 16.8. The SMILES string of the molecule is CO[Si](C)(CN(C)C(=O)C(C(F)(F)F)(C(F)(F)F)C(F)(F)F)C(C)C. The Morgan fingerprint density at radius 2 is 1.28 bits per heavy atom. The lowest BCUT2D eigenvalue weighted by atomic mass is 9.83. The topological polar surface area (TPSA) is 29.5 Å². The van der Waals surface area contributed by atoms with Gasteiger partial charge in [-0.15, -0.1) is 0 Å². The molecule has 0 saturated carbocycles. The van der Waals surface area contributed by atoms with E-state index >= 15 is 0 Å². The smallest absolute Gasteiger partial charge is 0.418 e. The van der Waals surface area contributed by atoms with Crippen LogP contribution < -0.4 is 0 Å². The van der Waals surface area contributed by atoms with E-state index in [1.165, 1.54) is 6.55 Å². The van der Waals surface area contributed by atoms with Crippen molar-refractivity contribution in [2.45, 2.75) is 44.5 Å². The van der Waals surface area contributed by atoms with Crippen LogP contribution >= 0.6 is 0 Å². The van der Waals surface area contributed by atoms with E-state index in [1.54, 1.807) is 13.8 Å². The van der Waals surface area contributed by atoms with Crippen molar-refractivity contribution in [2.24, 2.45) is 5.41 Å². The molecule has 3 nitrogen and oxygen atoms in total. The molecule has 0 bridgehead atoms. The van der Waals surface area contributed by atoms with Crippen LogP contribution in [0, 0.1) is 5.41 Å². The van der Waals surface area contributed by atoms with E-state index in [0.717, 1.165) is 7.11 Å². The monoisotopic (exact) mass is 407 g/mol. The number of carbonyl (C=O) groups excluding carboxylic acids is 1. The van der Waals surface area contributed by atoms with E-state index in [2.05, 4.69) is 0 Å².